The average molecular weight is 211 g/mol. The summed E-state index contributed by atoms with van der Waals surface area (Å²) in [6.07, 6.45) is 3.08. The van der Waals surface area contributed by atoms with E-state index in [1.165, 1.54) is 31.3 Å². The van der Waals surface area contributed by atoms with Gasteiger partial charge in [0.2, 0.25) is 0 Å². The van der Waals surface area contributed by atoms with Gasteiger partial charge in [-0.2, -0.15) is 0 Å². The Bertz CT molecular complexity index is 360. The number of rotatable bonds is 3. The van der Waals surface area contributed by atoms with Gasteiger partial charge in [-0.15, -0.1) is 11.3 Å². The van der Waals surface area contributed by atoms with Gasteiger partial charge in [0.15, 0.2) is 5.78 Å². The molecule has 0 bridgehead atoms. The molecule has 0 radical (unpaired) electrons. The molecule has 1 aromatic heterocycles. The molecular formula is C10H13NO2S. The molecule has 1 heterocycles. The molecule has 1 rings (SSSR count). The van der Waals surface area contributed by atoms with E-state index in [9.17, 15) is 9.90 Å². The summed E-state index contributed by atoms with van der Waals surface area (Å²) in [5.41, 5.74) is 1.33. The third-order valence-electron chi connectivity index (χ3n) is 1.77. The Morgan fingerprint density at radius 2 is 2.29 bits per heavy atom. The van der Waals surface area contributed by atoms with Gasteiger partial charge in [0.05, 0.1) is 11.2 Å². The van der Waals surface area contributed by atoms with Crippen molar-refractivity contribution in [2.45, 2.75) is 26.4 Å². The van der Waals surface area contributed by atoms with Crippen molar-refractivity contribution in [2.24, 2.45) is 0 Å². The number of hydrogen-bond donors (Lipinski definition) is 1. The van der Waals surface area contributed by atoms with Gasteiger partial charge in [-0.05, 0) is 32.9 Å². The number of hydrogen-bond acceptors (Lipinski definition) is 4. The molecule has 0 amide bonds. The lowest BCUT2D eigenvalue weighted by Gasteiger charge is -2.11. The van der Waals surface area contributed by atoms with E-state index in [0.717, 1.165) is 10.6 Å². The number of thiazole rings is 1. The topological polar surface area (TPSA) is 50.2 Å². The Hall–Kier alpha value is -1.00. The summed E-state index contributed by atoms with van der Waals surface area (Å²) in [5, 5.41) is 9.37. The van der Waals surface area contributed by atoms with Crippen LogP contribution >= 0.6 is 11.3 Å². The van der Waals surface area contributed by atoms with Crippen molar-refractivity contribution >= 4 is 23.2 Å². The zero-order valence-electron chi connectivity index (χ0n) is 8.44. The minimum absolute atomic E-state index is 0.301. The number of aryl methyl sites for hydroxylation is 1. The molecule has 0 atom stereocenters. The maximum Gasteiger partial charge on any atom is 0.186 e. The fourth-order valence-electron chi connectivity index (χ4n) is 0.826. The Balaban J connectivity index is 2.75. The van der Waals surface area contributed by atoms with E-state index < -0.39 is 5.60 Å². The molecule has 4 heteroatoms. The highest BCUT2D eigenvalue weighted by atomic mass is 32.1. The molecule has 3 nitrogen and oxygen atoms in total. The van der Waals surface area contributed by atoms with Crippen molar-refractivity contribution in [1.82, 2.24) is 4.98 Å². The molecule has 1 N–H and O–H groups in total. The van der Waals surface area contributed by atoms with E-state index in [0.29, 0.717) is 0 Å². The maximum atomic E-state index is 11.3. The summed E-state index contributed by atoms with van der Waals surface area (Å²) in [4.78, 5) is 16.3. The van der Waals surface area contributed by atoms with E-state index >= 15 is 0 Å². The predicted molar refractivity (Wildman–Crippen MR) is 57.2 cm³/mol. The summed E-state index contributed by atoms with van der Waals surface area (Å²) in [6.45, 7) is 4.82. The predicted octanol–water partition coefficient (Wildman–Crippen LogP) is 1.80. The molecule has 0 aliphatic carbocycles. The van der Waals surface area contributed by atoms with Crippen LogP contribution in [0, 0.1) is 6.92 Å². The molecule has 0 aromatic carbocycles. The fourth-order valence-corrected chi connectivity index (χ4v) is 1.52. The van der Waals surface area contributed by atoms with Crippen molar-refractivity contribution < 1.29 is 9.90 Å². The highest BCUT2D eigenvalue weighted by molar-refractivity contribution is 7.10. The van der Waals surface area contributed by atoms with Gasteiger partial charge >= 0.3 is 0 Å². The van der Waals surface area contributed by atoms with Crippen LogP contribution in [0.5, 0.6) is 0 Å². The summed E-state index contributed by atoms with van der Waals surface area (Å²) in [5.74, 6) is -0.301. The van der Waals surface area contributed by atoms with Crippen molar-refractivity contribution in [3.8, 4) is 0 Å². The first-order valence-electron chi connectivity index (χ1n) is 4.26. The van der Waals surface area contributed by atoms with Gasteiger partial charge in [0.25, 0.3) is 0 Å². The molecule has 0 saturated carbocycles. The monoisotopic (exact) mass is 211 g/mol. The molecule has 0 aliphatic heterocycles. The smallest absolute Gasteiger partial charge is 0.186 e. The van der Waals surface area contributed by atoms with Crippen LogP contribution in [0.15, 0.2) is 11.6 Å². The minimum atomic E-state index is -1.30. The molecular weight excluding hydrogens is 198 g/mol. The number of aromatic nitrogens is 1. The molecule has 14 heavy (non-hydrogen) atoms. The molecule has 0 fully saturated rings. The Labute approximate surface area is 87.1 Å². The summed E-state index contributed by atoms with van der Waals surface area (Å²) < 4.78 is 0. The standard InChI is InChI=1S/C10H13NO2S/c1-7-8(14-6-11-7)4-5-9(12)10(2,3)13/h4-6,13H,1-3H3/b5-4+. The molecule has 1 aromatic rings. The highest BCUT2D eigenvalue weighted by Crippen LogP contribution is 2.14. The number of carbonyl (C=O) groups excluding carboxylic acids is 1. The maximum absolute atomic E-state index is 11.3. The Morgan fingerprint density at radius 1 is 1.64 bits per heavy atom. The largest absolute Gasteiger partial charge is 0.382 e. The van der Waals surface area contributed by atoms with Crippen LogP contribution in [0.2, 0.25) is 0 Å². The van der Waals surface area contributed by atoms with Crippen LogP contribution in [0.1, 0.15) is 24.4 Å². The number of ketones is 1. The normalized spacial score (nSPS) is 12.3. The summed E-state index contributed by atoms with van der Waals surface area (Å²) >= 11 is 1.47. The third kappa shape index (κ3) is 2.75. The lowest BCUT2D eigenvalue weighted by Crippen LogP contribution is -2.29. The lowest BCUT2D eigenvalue weighted by atomic mass is 10.0. The van der Waals surface area contributed by atoms with Gasteiger partial charge < -0.3 is 5.11 Å². The molecule has 0 unspecified atom stereocenters. The van der Waals surface area contributed by atoms with Crippen LogP contribution in [0.4, 0.5) is 0 Å². The van der Waals surface area contributed by atoms with E-state index in [1.807, 2.05) is 6.92 Å². The second kappa shape index (κ2) is 4.02. The van der Waals surface area contributed by atoms with E-state index in [1.54, 1.807) is 11.6 Å². The van der Waals surface area contributed by atoms with Crippen LogP contribution in [0.25, 0.3) is 6.08 Å². The zero-order chi connectivity index (χ0) is 10.8. The van der Waals surface area contributed by atoms with Crippen molar-refractivity contribution in [2.75, 3.05) is 0 Å². The van der Waals surface area contributed by atoms with Crippen molar-refractivity contribution in [1.29, 1.82) is 0 Å². The van der Waals surface area contributed by atoms with Gasteiger partial charge in [-0.1, -0.05) is 0 Å². The van der Waals surface area contributed by atoms with Gasteiger partial charge in [-0.25, -0.2) is 4.98 Å². The van der Waals surface area contributed by atoms with Gasteiger partial charge in [-0.3, -0.25) is 4.79 Å². The molecule has 0 saturated heterocycles. The first-order chi connectivity index (χ1) is 6.41. The lowest BCUT2D eigenvalue weighted by molar-refractivity contribution is -0.128. The van der Waals surface area contributed by atoms with Crippen LogP contribution < -0.4 is 0 Å². The molecule has 0 aliphatic rings. The number of nitrogens with zero attached hydrogens (tertiary/aromatic N) is 1. The van der Waals surface area contributed by atoms with Crippen LogP contribution in [-0.4, -0.2) is 21.5 Å². The molecule has 76 valence electrons. The Morgan fingerprint density at radius 3 is 2.71 bits per heavy atom. The first-order valence-corrected chi connectivity index (χ1v) is 5.14. The Kier molecular flexibility index (Phi) is 3.18. The van der Waals surface area contributed by atoms with Gasteiger partial charge in [0, 0.05) is 4.88 Å². The quantitative estimate of drug-likeness (QED) is 0.776. The van der Waals surface area contributed by atoms with Crippen LogP contribution in [-0.2, 0) is 4.79 Å². The summed E-state index contributed by atoms with van der Waals surface area (Å²) in [6, 6.07) is 0. The fraction of sp³-hybridized carbons (Fsp3) is 0.400. The highest BCUT2D eigenvalue weighted by Gasteiger charge is 2.20. The molecule has 0 spiro atoms. The van der Waals surface area contributed by atoms with E-state index in [4.69, 9.17) is 0 Å². The van der Waals surface area contributed by atoms with E-state index in [2.05, 4.69) is 4.98 Å². The van der Waals surface area contributed by atoms with Crippen molar-refractivity contribution in [3.63, 3.8) is 0 Å². The number of aliphatic hydroxyl groups is 1. The second-order valence-electron chi connectivity index (χ2n) is 3.56. The summed E-state index contributed by atoms with van der Waals surface area (Å²) in [7, 11) is 0. The SMILES string of the molecule is Cc1ncsc1/C=C/C(=O)C(C)(C)O. The zero-order valence-corrected chi connectivity index (χ0v) is 9.26. The van der Waals surface area contributed by atoms with E-state index in [-0.39, 0.29) is 5.78 Å². The number of carbonyl (C=O) groups is 1. The minimum Gasteiger partial charge on any atom is -0.382 e. The average Bonchev–Trinajstić information content (AvgIpc) is 2.45. The first kappa shape index (κ1) is 11.1. The van der Waals surface area contributed by atoms with Gasteiger partial charge in [0.1, 0.15) is 5.60 Å². The third-order valence-corrected chi connectivity index (χ3v) is 2.67. The second-order valence-corrected chi connectivity index (χ2v) is 4.44. The van der Waals surface area contributed by atoms with Crippen LogP contribution in [0.3, 0.4) is 0 Å². The van der Waals surface area contributed by atoms with Crippen molar-refractivity contribution in [3.05, 3.63) is 22.2 Å².